The summed E-state index contributed by atoms with van der Waals surface area (Å²) < 4.78 is 1.84. The zero-order valence-electron chi connectivity index (χ0n) is 11.2. The van der Waals surface area contributed by atoms with Crippen LogP contribution in [0.15, 0.2) is 48.8 Å². The van der Waals surface area contributed by atoms with Gasteiger partial charge in [0.1, 0.15) is 0 Å². The maximum atomic E-state index is 11.6. The van der Waals surface area contributed by atoms with Crippen molar-refractivity contribution in [3.05, 3.63) is 54.4 Å². The van der Waals surface area contributed by atoms with Crippen LogP contribution in [0.3, 0.4) is 0 Å². The molecule has 20 heavy (non-hydrogen) atoms. The Bertz CT molecular complexity index is 558. The molecule has 0 radical (unpaired) electrons. The van der Waals surface area contributed by atoms with E-state index in [4.69, 9.17) is 5.73 Å². The van der Waals surface area contributed by atoms with Gasteiger partial charge < -0.3 is 11.1 Å². The standard InChI is InChI=1S/C15H18N4O/c16-14-6-3-13(4-7-14)5-8-15(20)17-9-1-11-19-12-2-10-18-19/h2-8,10,12H,1,9,11,16H2,(H,17,20)/b8-5+. The minimum atomic E-state index is -0.0951. The highest BCUT2D eigenvalue weighted by Gasteiger charge is 1.96. The average Bonchev–Trinajstić information content (AvgIpc) is 2.96. The lowest BCUT2D eigenvalue weighted by molar-refractivity contribution is -0.116. The van der Waals surface area contributed by atoms with E-state index in [1.807, 2.05) is 41.2 Å². The molecule has 0 aliphatic rings. The second kappa shape index (κ2) is 7.13. The van der Waals surface area contributed by atoms with Crippen molar-refractivity contribution in [1.82, 2.24) is 15.1 Å². The summed E-state index contributed by atoms with van der Waals surface area (Å²) in [6.45, 7) is 1.43. The molecule has 0 atom stereocenters. The Balaban J connectivity index is 1.68. The number of carbonyl (C=O) groups is 1. The molecular weight excluding hydrogens is 252 g/mol. The number of benzene rings is 1. The van der Waals surface area contributed by atoms with Gasteiger partial charge in [0.15, 0.2) is 0 Å². The fourth-order valence-electron chi connectivity index (χ4n) is 1.72. The van der Waals surface area contributed by atoms with Gasteiger partial charge in [-0.15, -0.1) is 0 Å². The molecule has 0 bridgehead atoms. The molecule has 0 saturated heterocycles. The molecule has 5 heteroatoms. The number of aryl methyl sites for hydroxylation is 1. The summed E-state index contributed by atoms with van der Waals surface area (Å²) in [7, 11) is 0. The third-order valence-corrected chi connectivity index (χ3v) is 2.79. The van der Waals surface area contributed by atoms with E-state index in [1.54, 1.807) is 12.3 Å². The number of amides is 1. The Morgan fingerprint density at radius 2 is 2.15 bits per heavy atom. The first kappa shape index (κ1) is 13.9. The van der Waals surface area contributed by atoms with Gasteiger partial charge in [-0.1, -0.05) is 12.1 Å². The fourth-order valence-corrected chi connectivity index (χ4v) is 1.72. The quantitative estimate of drug-likeness (QED) is 0.476. The second-order valence-corrected chi connectivity index (χ2v) is 4.41. The molecule has 1 aromatic carbocycles. The smallest absolute Gasteiger partial charge is 0.244 e. The van der Waals surface area contributed by atoms with Crippen molar-refractivity contribution >= 4 is 17.7 Å². The van der Waals surface area contributed by atoms with E-state index >= 15 is 0 Å². The van der Waals surface area contributed by atoms with Gasteiger partial charge in [0, 0.05) is 37.2 Å². The minimum absolute atomic E-state index is 0.0951. The van der Waals surface area contributed by atoms with Crippen molar-refractivity contribution in [3.63, 3.8) is 0 Å². The number of nitrogens with two attached hydrogens (primary N) is 1. The molecule has 0 aliphatic heterocycles. The Labute approximate surface area is 118 Å². The molecule has 3 N–H and O–H groups in total. The van der Waals surface area contributed by atoms with Crippen molar-refractivity contribution in [2.75, 3.05) is 12.3 Å². The molecule has 2 aromatic rings. The second-order valence-electron chi connectivity index (χ2n) is 4.41. The number of hydrogen-bond donors (Lipinski definition) is 2. The Kier molecular flexibility index (Phi) is 4.94. The van der Waals surface area contributed by atoms with Crippen LogP contribution in [0, 0.1) is 0 Å². The SMILES string of the molecule is Nc1ccc(/C=C/C(=O)NCCCn2cccn2)cc1. The maximum absolute atomic E-state index is 11.6. The van der Waals surface area contributed by atoms with E-state index in [-0.39, 0.29) is 5.91 Å². The molecule has 1 aromatic heterocycles. The number of nitrogens with one attached hydrogen (secondary N) is 1. The number of anilines is 1. The van der Waals surface area contributed by atoms with Crippen LogP contribution in [0.4, 0.5) is 5.69 Å². The van der Waals surface area contributed by atoms with Crippen molar-refractivity contribution in [1.29, 1.82) is 0 Å². The highest BCUT2D eigenvalue weighted by Crippen LogP contribution is 2.06. The molecule has 2 rings (SSSR count). The number of carbonyl (C=O) groups excluding carboxylic acids is 1. The zero-order valence-corrected chi connectivity index (χ0v) is 11.2. The third-order valence-electron chi connectivity index (χ3n) is 2.79. The van der Waals surface area contributed by atoms with E-state index in [0.717, 1.165) is 18.5 Å². The van der Waals surface area contributed by atoms with Crippen LogP contribution >= 0.6 is 0 Å². The van der Waals surface area contributed by atoms with Crippen LogP contribution in [0.5, 0.6) is 0 Å². The van der Waals surface area contributed by atoms with Gasteiger partial charge in [0.2, 0.25) is 5.91 Å². The lowest BCUT2D eigenvalue weighted by Gasteiger charge is -2.02. The summed E-state index contributed by atoms with van der Waals surface area (Å²) >= 11 is 0. The van der Waals surface area contributed by atoms with Crippen molar-refractivity contribution in [3.8, 4) is 0 Å². The molecule has 5 nitrogen and oxygen atoms in total. The van der Waals surface area contributed by atoms with Crippen LogP contribution in [0.1, 0.15) is 12.0 Å². The summed E-state index contributed by atoms with van der Waals surface area (Å²) in [6.07, 6.45) is 7.79. The first-order valence-electron chi connectivity index (χ1n) is 6.53. The first-order valence-corrected chi connectivity index (χ1v) is 6.53. The predicted octanol–water partition coefficient (Wildman–Crippen LogP) is 1.68. The van der Waals surface area contributed by atoms with Gasteiger partial charge in [0.05, 0.1) is 0 Å². The maximum Gasteiger partial charge on any atom is 0.244 e. The number of hydrogen-bond acceptors (Lipinski definition) is 3. The molecule has 0 unspecified atom stereocenters. The zero-order chi connectivity index (χ0) is 14.2. The highest BCUT2D eigenvalue weighted by atomic mass is 16.1. The molecule has 1 amide bonds. The van der Waals surface area contributed by atoms with Gasteiger partial charge >= 0.3 is 0 Å². The van der Waals surface area contributed by atoms with Crippen molar-refractivity contribution < 1.29 is 4.79 Å². The van der Waals surface area contributed by atoms with Gasteiger partial charge in [-0.05, 0) is 36.3 Å². The molecule has 0 saturated carbocycles. The monoisotopic (exact) mass is 270 g/mol. The summed E-state index contributed by atoms with van der Waals surface area (Å²) in [4.78, 5) is 11.6. The molecule has 0 spiro atoms. The van der Waals surface area contributed by atoms with E-state index in [9.17, 15) is 4.79 Å². The van der Waals surface area contributed by atoms with E-state index in [1.165, 1.54) is 6.08 Å². The number of aromatic nitrogens is 2. The largest absolute Gasteiger partial charge is 0.399 e. The van der Waals surface area contributed by atoms with Crippen molar-refractivity contribution in [2.24, 2.45) is 0 Å². The topological polar surface area (TPSA) is 72.9 Å². The van der Waals surface area contributed by atoms with Crippen LogP contribution in [-0.2, 0) is 11.3 Å². The van der Waals surface area contributed by atoms with E-state index in [2.05, 4.69) is 10.4 Å². The molecule has 104 valence electrons. The van der Waals surface area contributed by atoms with Crippen LogP contribution in [0.2, 0.25) is 0 Å². The van der Waals surface area contributed by atoms with Crippen LogP contribution < -0.4 is 11.1 Å². The average molecular weight is 270 g/mol. The third kappa shape index (κ3) is 4.61. The fraction of sp³-hybridized carbons (Fsp3) is 0.200. The normalized spacial score (nSPS) is 10.8. The van der Waals surface area contributed by atoms with Gasteiger partial charge in [0.25, 0.3) is 0 Å². The van der Waals surface area contributed by atoms with Crippen LogP contribution in [-0.4, -0.2) is 22.2 Å². The Morgan fingerprint density at radius 3 is 2.85 bits per heavy atom. The van der Waals surface area contributed by atoms with Gasteiger partial charge in [-0.25, -0.2) is 0 Å². The lowest BCUT2D eigenvalue weighted by Crippen LogP contribution is -2.23. The number of nitrogen functional groups attached to an aromatic ring is 1. The summed E-state index contributed by atoms with van der Waals surface area (Å²) in [5.74, 6) is -0.0951. The van der Waals surface area contributed by atoms with Crippen LogP contribution in [0.25, 0.3) is 6.08 Å². The van der Waals surface area contributed by atoms with Gasteiger partial charge in [-0.3, -0.25) is 9.48 Å². The number of rotatable bonds is 6. The Hall–Kier alpha value is -2.56. The molecule has 1 heterocycles. The minimum Gasteiger partial charge on any atom is -0.399 e. The highest BCUT2D eigenvalue weighted by molar-refractivity contribution is 5.91. The molecular formula is C15H18N4O. The first-order chi connectivity index (χ1) is 9.74. The molecule has 0 fully saturated rings. The number of nitrogens with zero attached hydrogens (tertiary/aromatic N) is 2. The summed E-state index contributed by atoms with van der Waals surface area (Å²) in [5.41, 5.74) is 7.26. The predicted molar refractivity (Wildman–Crippen MR) is 79.7 cm³/mol. The van der Waals surface area contributed by atoms with Gasteiger partial charge in [-0.2, -0.15) is 5.10 Å². The molecule has 0 aliphatic carbocycles. The lowest BCUT2D eigenvalue weighted by atomic mass is 10.2. The van der Waals surface area contributed by atoms with Crippen molar-refractivity contribution in [2.45, 2.75) is 13.0 Å². The van der Waals surface area contributed by atoms with E-state index < -0.39 is 0 Å². The van der Waals surface area contributed by atoms with E-state index in [0.29, 0.717) is 12.2 Å². The summed E-state index contributed by atoms with van der Waals surface area (Å²) in [6, 6.07) is 9.24. The summed E-state index contributed by atoms with van der Waals surface area (Å²) in [5, 5.41) is 6.93. The Morgan fingerprint density at radius 1 is 1.35 bits per heavy atom.